The third kappa shape index (κ3) is 7.62. The Morgan fingerprint density at radius 1 is 0.696 bits per heavy atom. The molecule has 0 amide bonds. The molecule has 11 heteroatoms. The average Bonchev–Trinajstić information content (AvgIpc) is 2.37. The summed E-state index contributed by atoms with van der Waals surface area (Å²) in [5, 5.41) is 0. The van der Waals surface area contributed by atoms with Gasteiger partial charge in [-0.15, -0.1) is 0 Å². The molecule has 112 valence electrons. The zero-order chi connectivity index (χ0) is 15.7. The number of benzene rings is 2. The fraction of sp³-hybridized carbons (Fsp3) is 0. The van der Waals surface area contributed by atoms with Gasteiger partial charge in [-0.1, -0.05) is 12.1 Å². The molecule has 0 saturated heterocycles. The minimum atomic E-state index is -4.62. The van der Waals surface area contributed by atoms with Crippen LogP contribution < -0.4 is 108 Å². The van der Waals surface area contributed by atoms with Crippen LogP contribution in [0.25, 0.3) is 0 Å². The smallest absolute Gasteiger partial charge is 0.744 e. The van der Waals surface area contributed by atoms with Gasteiger partial charge in [0.1, 0.15) is 31.7 Å². The Hall–Kier alpha value is 1.33. The predicted octanol–water partition coefficient (Wildman–Crippen LogP) is -4.70. The van der Waals surface area contributed by atoms with Crippen LogP contribution in [-0.4, -0.2) is 25.9 Å². The molecule has 0 aliphatic rings. The second-order valence-corrected chi connectivity index (χ2v) is 6.72. The Morgan fingerprint density at radius 3 is 1.35 bits per heavy atom. The molecule has 2 rings (SSSR count). The summed E-state index contributed by atoms with van der Waals surface area (Å²) in [6.45, 7) is 0. The van der Waals surface area contributed by atoms with Gasteiger partial charge in [-0.25, -0.2) is 16.8 Å². The maximum absolute atomic E-state index is 10.9. The van der Waals surface area contributed by atoms with Crippen LogP contribution in [0.4, 0.5) is 0 Å². The predicted molar refractivity (Wildman–Crippen MR) is 68.9 cm³/mol. The molecule has 0 fully saturated rings. The molecule has 0 saturated carbocycles. The van der Waals surface area contributed by atoms with Gasteiger partial charge in [-0.3, -0.25) is 0 Å². The van der Waals surface area contributed by atoms with E-state index in [0.29, 0.717) is 0 Å². The van der Waals surface area contributed by atoms with Gasteiger partial charge in [0.15, 0.2) is 0 Å². The van der Waals surface area contributed by atoms with Gasteiger partial charge in [0, 0.05) is 0 Å². The van der Waals surface area contributed by atoms with Crippen molar-refractivity contribution < 1.29 is 133 Å². The maximum Gasteiger partial charge on any atom is 1.00 e. The Morgan fingerprint density at radius 2 is 1.04 bits per heavy atom. The number of hydrogen-bond donors (Lipinski definition) is 0. The van der Waals surface area contributed by atoms with Crippen molar-refractivity contribution in [3.05, 3.63) is 48.5 Å². The first-order chi connectivity index (χ1) is 9.66. The van der Waals surface area contributed by atoms with Crippen LogP contribution in [0.1, 0.15) is 0 Å². The minimum absolute atomic E-state index is 0. The van der Waals surface area contributed by atoms with Crippen molar-refractivity contribution in [3.8, 4) is 11.5 Å². The van der Waals surface area contributed by atoms with E-state index < -0.39 is 30.0 Å². The molecule has 0 aliphatic carbocycles. The molecule has 0 radical (unpaired) electrons. The van der Waals surface area contributed by atoms with Crippen molar-refractivity contribution in [2.75, 3.05) is 0 Å². The zero-order valence-electron chi connectivity index (χ0n) is 12.3. The van der Waals surface area contributed by atoms with Crippen LogP contribution in [0.3, 0.4) is 0 Å². The Bertz CT molecular complexity index is 806. The van der Waals surface area contributed by atoms with E-state index in [4.69, 9.17) is 4.74 Å². The van der Waals surface area contributed by atoms with E-state index in [1.165, 1.54) is 24.3 Å². The van der Waals surface area contributed by atoms with Crippen LogP contribution in [0.5, 0.6) is 11.5 Å². The molecule has 0 unspecified atom stereocenters. The molecule has 0 spiro atoms. The van der Waals surface area contributed by atoms with E-state index in [-0.39, 0.29) is 114 Å². The van der Waals surface area contributed by atoms with Gasteiger partial charge in [0.05, 0.1) is 9.79 Å². The summed E-state index contributed by atoms with van der Waals surface area (Å²) < 4.78 is 70.6. The van der Waals surface area contributed by atoms with Crippen LogP contribution in [-0.2, 0) is 20.2 Å². The van der Waals surface area contributed by atoms with Crippen LogP contribution in [0.15, 0.2) is 58.3 Å². The molecule has 0 heterocycles. The van der Waals surface area contributed by atoms with Gasteiger partial charge in [0.2, 0.25) is 0 Å². The van der Waals surface area contributed by atoms with Crippen molar-refractivity contribution in [2.45, 2.75) is 9.79 Å². The summed E-state index contributed by atoms with van der Waals surface area (Å²) in [6, 6.07) is 9.57. The molecule has 2 aromatic rings. The molecule has 0 bridgehead atoms. The summed E-state index contributed by atoms with van der Waals surface area (Å²) in [6.07, 6.45) is 0. The SMILES string of the molecule is O=S(=O)([O-])c1cccc(Oc2cccc(S(=O)(=O)[O-])c2)c1.[K+].[K+]. The monoisotopic (exact) mass is 406 g/mol. The van der Waals surface area contributed by atoms with Crippen molar-refractivity contribution in [1.29, 1.82) is 0 Å². The van der Waals surface area contributed by atoms with Gasteiger partial charge < -0.3 is 13.8 Å². The first kappa shape index (κ1) is 24.3. The van der Waals surface area contributed by atoms with E-state index in [9.17, 15) is 25.9 Å². The van der Waals surface area contributed by atoms with Gasteiger partial charge in [-0.05, 0) is 36.4 Å². The molecule has 2 aromatic carbocycles. The summed E-state index contributed by atoms with van der Waals surface area (Å²) in [5.41, 5.74) is 0. The standard InChI is InChI=1S/C12H10O7S2.2K/c13-20(14,15)11-5-1-3-9(7-11)19-10-4-2-6-12(8-10)21(16,17)18;;/h1-8H,(H,13,14,15)(H,16,17,18);;/q;2*+1/p-2. The topological polar surface area (TPSA) is 124 Å². The van der Waals surface area contributed by atoms with E-state index in [1.54, 1.807) is 0 Å². The molecular formula is C12H8K2O7S2. The maximum atomic E-state index is 10.9. The van der Waals surface area contributed by atoms with E-state index in [1.807, 2.05) is 0 Å². The molecule has 23 heavy (non-hydrogen) atoms. The molecule has 0 aromatic heterocycles. The molecule has 7 nitrogen and oxygen atoms in total. The van der Waals surface area contributed by atoms with Gasteiger partial charge >= 0.3 is 103 Å². The zero-order valence-corrected chi connectivity index (χ0v) is 20.2. The summed E-state index contributed by atoms with van der Waals surface area (Å²) in [5.74, 6) is 0.0414. The Labute approximate surface area is 219 Å². The fourth-order valence-electron chi connectivity index (χ4n) is 1.52. The second kappa shape index (κ2) is 9.87. The third-order valence-electron chi connectivity index (χ3n) is 2.42. The largest absolute Gasteiger partial charge is 1.00 e. The average molecular weight is 407 g/mol. The van der Waals surface area contributed by atoms with Gasteiger partial charge in [-0.2, -0.15) is 0 Å². The number of ether oxygens (including phenoxy) is 1. The van der Waals surface area contributed by atoms with E-state index in [0.717, 1.165) is 24.3 Å². The molecule has 0 aliphatic heterocycles. The van der Waals surface area contributed by atoms with Gasteiger partial charge in [0.25, 0.3) is 0 Å². The third-order valence-corrected chi connectivity index (χ3v) is 4.09. The number of hydrogen-bond acceptors (Lipinski definition) is 7. The normalized spacial score (nSPS) is 11.0. The summed E-state index contributed by atoms with van der Waals surface area (Å²) >= 11 is 0. The van der Waals surface area contributed by atoms with Crippen molar-refractivity contribution in [3.63, 3.8) is 0 Å². The Kier molecular flexibility index (Phi) is 10.4. The molecule has 0 N–H and O–H groups in total. The van der Waals surface area contributed by atoms with Crippen LogP contribution >= 0.6 is 0 Å². The summed E-state index contributed by atoms with van der Waals surface area (Å²) in [4.78, 5) is -0.958. The van der Waals surface area contributed by atoms with Crippen molar-refractivity contribution in [1.82, 2.24) is 0 Å². The second-order valence-electron chi connectivity index (χ2n) is 3.96. The van der Waals surface area contributed by atoms with Crippen LogP contribution in [0.2, 0.25) is 0 Å². The van der Waals surface area contributed by atoms with E-state index >= 15 is 0 Å². The minimum Gasteiger partial charge on any atom is -0.744 e. The van der Waals surface area contributed by atoms with Crippen molar-refractivity contribution >= 4 is 20.2 Å². The molecule has 0 atom stereocenters. The first-order valence-electron chi connectivity index (χ1n) is 5.46. The van der Waals surface area contributed by atoms with E-state index in [2.05, 4.69) is 0 Å². The number of rotatable bonds is 4. The quantitative estimate of drug-likeness (QED) is 0.369. The van der Waals surface area contributed by atoms with Crippen LogP contribution in [0, 0.1) is 0 Å². The fourth-order valence-corrected chi connectivity index (χ4v) is 2.53. The van der Waals surface area contributed by atoms with Crippen molar-refractivity contribution in [2.24, 2.45) is 0 Å². The molecular weight excluding hydrogens is 398 g/mol. The Balaban J connectivity index is 0.00000242. The summed E-state index contributed by atoms with van der Waals surface area (Å²) in [7, 11) is -9.25. The first-order valence-corrected chi connectivity index (χ1v) is 8.28.